The summed E-state index contributed by atoms with van der Waals surface area (Å²) in [5.74, 6) is 0. The number of halogens is 1. The lowest BCUT2D eigenvalue weighted by molar-refractivity contribution is -0.0707. The molecule has 0 radical (unpaired) electrons. The highest BCUT2D eigenvalue weighted by Gasteiger charge is 2.22. The van der Waals surface area contributed by atoms with Gasteiger partial charge in [-0.2, -0.15) is 0 Å². The van der Waals surface area contributed by atoms with E-state index in [0.29, 0.717) is 12.2 Å². The Morgan fingerprint density at radius 2 is 1.90 bits per heavy atom. The molecule has 21 heavy (non-hydrogen) atoms. The third-order valence-electron chi connectivity index (χ3n) is 3.52. The van der Waals surface area contributed by atoms with E-state index in [2.05, 4.69) is 24.1 Å². The van der Waals surface area contributed by atoms with E-state index >= 15 is 0 Å². The van der Waals surface area contributed by atoms with Crippen molar-refractivity contribution in [3.05, 3.63) is 40.4 Å². The van der Waals surface area contributed by atoms with Gasteiger partial charge in [-0.05, 0) is 26.0 Å². The first-order valence-electron chi connectivity index (χ1n) is 7.18. The Kier molecular flexibility index (Phi) is 4.60. The molecule has 2 aromatic rings. The predicted molar refractivity (Wildman–Crippen MR) is 87.8 cm³/mol. The lowest BCUT2D eigenvalue weighted by Gasteiger charge is -2.34. The van der Waals surface area contributed by atoms with E-state index in [1.165, 1.54) is 0 Å². The first kappa shape index (κ1) is 15.0. The summed E-state index contributed by atoms with van der Waals surface area (Å²) in [6.45, 7) is 7.09. The van der Waals surface area contributed by atoms with Gasteiger partial charge in [-0.15, -0.1) is 11.3 Å². The third kappa shape index (κ3) is 3.83. The maximum atomic E-state index is 5.92. The Balaban J connectivity index is 1.69. The number of nitrogens with zero attached hydrogens (tertiary/aromatic N) is 2. The van der Waals surface area contributed by atoms with Crippen LogP contribution in [0.15, 0.2) is 29.6 Å². The van der Waals surface area contributed by atoms with Crippen LogP contribution in [0, 0.1) is 0 Å². The molecule has 1 aliphatic heterocycles. The molecule has 1 aromatic heterocycles. The maximum absolute atomic E-state index is 5.92. The van der Waals surface area contributed by atoms with Crippen LogP contribution >= 0.6 is 22.9 Å². The second kappa shape index (κ2) is 6.44. The van der Waals surface area contributed by atoms with Gasteiger partial charge in [0, 0.05) is 35.6 Å². The van der Waals surface area contributed by atoms with Gasteiger partial charge in [0.2, 0.25) is 0 Å². The highest BCUT2D eigenvalue weighted by Crippen LogP contribution is 2.26. The van der Waals surface area contributed by atoms with Crippen LogP contribution in [0.25, 0.3) is 10.6 Å². The van der Waals surface area contributed by atoms with E-state index in [-0.39, 0.29) is 0 Å². The van der Waals surface area contributed by atoms with E-state index in [1.807, 2.05) is 24.3 Å². The zero-order valence-corrected chi connectivity index (χ0v) is 13.8. The number of rotatable bonds is 3. The van der Waals surface area contributed by atoms with E-state index in [4.69, 9.17) is 21.3 Å². The number of benzene rings is 1. The fourth-order valence-corrected chi connectivity index (χ4v) is 3.69. The van der Waals surface area contributed by atoms with Gasteiger partial charge in [0.1, 0.15) is 5.01 Å². The Bertz CT molecular complexity index is 589. The van der Waals surface area contributed by atoms with Gasteiger partial charge >= 0.3 is 0 Å². The summed E-state index contributed by atoms with van der Waals surface area (Å²) in [5, 5.41) is 3.96. The standard InChI is InChI=1S/C16H19ClN2OS/c1-11-7-19(8-12(2)20-11)9-15-10-21-16(18-15)13-3-5-14(17)6-4-13/h3-6,10-12H,7-9H2,1-2H3/t11-,12+. The molecule has 5 heteroatoms. The monoisotopic (exact) mass is 322 g/mol. The minimum absolute atomic E-state index is 0.295. The first-order valence-corrected chi connectivity index (χ1v) is 8.44. The van der Waals surface area contributed by atoms with Gasteiger partial charge in [-0.3, -0.25) is 4.90 Å². The number of hydrogen-bond donors (Lipinski definition) is 0. The molecule has 0 amide bonds. The zero-order valence-electron chi connectivity index (χ0n) is 12.3. The zero-order chi connectivity index (χ0) is 14.8. The molecule has 0 N–H and O–H groups in total. The van der Waals surface area contributed by atoms with Crippen LogP contribution in [0.3, 0.4) is 0 Å². The van der Waals surface area contributed by atoms with Crippen molar-refractivity contribution in [1.82, 2.24) is 9.88 Å². The molecule has 0 aliphatic carbocycles. The average molecular weight is 323 g/mol. The summed E-state index contributed by atoms with van der Waals surface area (Å²) < 4.78 is 5.77. The van der Waals surface area contributed by atoms with E-state index in [9.17, 15) is 0 Å². The van der Waals surface area contributed by atoms with Crippen LogP contribution in [-0.4, -0.2) is 35.2 Å². The molecule has 3 nitrogen and oxygen atoms in total. The largest absolute Gasteiger partial charge is 0.373 e. The van der Waals surface area contributed by atoms with Crippen molar-refractivity contribution in [3.63, 3.8) is 0 Å². The third-order valence-corrected chi connectivity index (χ3v) is 4.72. The van der Waals surface area contributed by atoms with Crippen molar-refractivity contribution in [1.29, 1.82) is 0 Å². The molecule has 0 unspecified atom stereocenters. The topological polar surface area (TPSA) is 25.4 Å². The molecule has 2 heterocycles. The summed E-state index contributed by atoms with van der Waals surface area (Å²) >= 11 is 7.61. The smallest absolute Gasteiger partial charge is 0.123 e. The predicted octanol–water partition coefficient (Wildman–Crippen LogP) is 4.07. The number of morpholine rings is 1. The minimum Gasteiger partial charge on any atom is -0.373 e. The average Bonchev–Trinajstić information content (AvgIpc) is 2.87. The van der Waals surface area contributed by atoms with Gasteiger partial charge in [0.25, 0.3) is 0 Å². The van der Waals surface area contributed by atoms with Crippen molar-refractivity contribution in [2.45, 2.75) is 32.6 Å². The number of thiazole rings is 1. The fourth-order valence-electron chi connectivity index (χ4n) is 2.75. The molecule has 3 rings (SSSR count). The molecule has 1 aliphatic rings. The summed E-state index contributed by atoms with van der Waals surface area (Å²) in [4.78, 5) is 7.16. The first-order chi connectivity index (χ1) is 10.1. The van der Waals surface area contributed by atoms with Crippen LogP contribution in [0.2, 0.25) is 5.02 Å². The molecule has 2 atom stereocenters. The molecule has 1 aromatic carbocycles. The molecule has 112 valence electrons. The van der Waals surface area contributed by atoms with Crippen LogP contribution in [0.5, 0.6) is 0 Å². The van der Waals surface area contributed by atoms with Crippen molar-refractivity contribution in [2.24, 2.45) is 0 Å². The maximum Gasteiger partial charge on any atom is 0.123 e. The van der Waals surface area contributed by atoms with Gasteiger partial charge < -0.3 is 4.74 Å². The number of aromatic nitrogens is 1. The lowest BCUT2D eigenvalue weighted by Crippen LogP contribution is -2.44. The number of ether oxygens (including phenoxy) is 1. The molecule has 1 fully saturated rings. The Morgan fingerprint density at radius 3 is 2.57 bits per heavy atom. The number of hydrogen-bond acceptors (Lipinski definition) is 4. The summed E-state index contributed by atoms with van der Waals surface area (Å²) in [7, 11) is 0. The summed E-state index contributed by atoms with van der Waals surface area (Å²) in [6, 6.07) is 7.85. The van der Waals surface area contributed by atoms with Crippen LogP contribution in [0.4, 0.5) is 0 Å². The summed E-state index contributed by atoms with van der Waals surface area (Å²) in [6.07, 6.45) is 0.589. The van der Waals surface area contributed by atoms with Crippen LogP contribution in [0.1, 0.15) is 19.5 Å². The van der Waals surface area contributed by atoms with Gasteiger partial charge in [-0.25, -0.2) is 4.98 Å². The highest BCUT2D eigenvalue weighted by atomic mass is 35.5. The van der Waals surface area contributed by atoms with E-state index < -0.39 is 0 Å². The molecule has 0 saturated carbocycles. The quantitative estimate of drug-likeness (QED) is 0.851. The minimum atomic E-state index is 0.295. The molecule has 0 bridgehead atoms. The fraction of sp³-hybridized carbons (Fsp3) is 0.438. The van der Waals surface area contributed by atoms with Crippen LogP contribution in [-0.2, 0) is 11.3 Å². The van der Waals surface area contributed by atoms with Crippen LogP contribution < -0.4 is 0 Å². The van der Waals surface area contributed by atoms with Crippen molar-refractivity contribution in [3.8, 4) is 10.6 Å². The van der Waals surface area contributed by atoms with E-state index in [0.717, 1.165) is 40.9 Å². The van der Waals surface area contributed by atoms with Crippen molar-refractivity contribution < 1.29 is 4.74 Å². The lowest BCUT2D eigenvalue weighted by atomic mass is 10.2. The molecular formula is C16H19ClN2OS. The Labute approximate surface area is 134 Å². The SMILES string of the molecule is C[C@@H]1CN(Cc2csc(-c3ccc(Cl)cc3)n2)C[C@H](C)O1. The normalized spacial score (nSPS) is 23.4. The second-order valence-electron chi connectivity index (χ2n) is 5.60. The van der Waals surface area contributed by atoms with Crippen molar-refractivity contribution >= 4 is 22.9 Å². The second-order valence-corrected chi connectivity index (χ2v) is 6.90. The highest BCUT2D eigenvalue weighted by molar-refractivity contribution is 7.13. The Morgan fingerprint density at radius 1 is 1.24 bits per heavy atom. The van der Waals surface area contributed by atoms with Crippen molar-refractivity contribution in [2.75, 3.05) is 13.1 Å². The molecule has 1 saturated heterocycles. The Hall–Kier alpha value is -0.940. The van der Waals surface area contributed by atoms with Gasteiger partial charge in [0.15, 0.2) is 0 Å². The van der Waals surface area contributed by atoms with Gasteiger partial charge in [-0.1, -0.05) is 23.7 Å². The molecule has 0 spiro atoms. The van der Waals surface area contributed by atoms with E-state index in [1.54, 1.807) is 11.3 Å². The summed E-state index contributed by atoms with van der Waals surface area (Å²) in [5.41, 5.74) is 2.26. The molecular weight excluding hydrogens is 304 g/mol. The van der Waals surface area contributed by atoms with Gasteiger partial charge in [0.05, 0.1) is 17.9 Å².